The molecular formula is C21H25NO4. The van der Waals surface area contributed by atoms with Crippen molar-refractivity contribution in [3.05, 3.63) is 54.1 Å². The molecule has 0 aromatic heterocycles. The Kier molecular flexibility index (Phi) is 7.09. The lowest BCUT2D eigenvalue weighted by Crippen LogP contribution is -2.11. The Morgan fingerprint density at radius 1 is 1.12 bits per heavy atom. The molecule has 0 radical (unpaired) electrons. The zero-order valence-electron chi connectivity index (χ0n) is 15.6. The third-order valence-corrected chi connectivity index (χ3v) is 3.85. The number of anilines is 1. The lowest BCUT2D eigenvalue weighted by molar-refractivity contribution is -0.111. The van der Waals surface area contributed by atoms with E-state index in [1.54, 1.807) is 26.4 Å². The highest BCUT2D eigenvalue weighted by Crippen LogP contribution is 2.28. The van der Waals surface area contributed by atoms with E-state index in [0.29, 0.717) is 17.2 Å². The van der Waals surface area contributed by atoms with Crippen molar-refractivity contribution in [2.45, 2.75) is 26.4 Å². The Morgan fingerprint density at radius 3 is 2.58 bits per heavy atom. The van der Waals surface area contributed by atoms with E-state index in [0.717, 1.165) is 17.7 Å². The lowest BCUT2D eigenvalue weighted by Gasteiger charge is -2.13. The highest BCUT2D eigenvalue weighted by Gasteiger charge is 2.05. The predicted molar refractivity (Wildman–Crippen MR) is 104 cm³/mol. The quantitative estimate of drug-likeness (QED) is 0.707. The maximum absolute atomic E-state index is 12.2. The Hall–Kier alpha value is -2.95. The van der Waals surface area contributed by atoms with Gasteiger partial charge in [0.1, 0.15) is 5.75 Å². The number of benzene rings is 2. The molecule has 0 saturated carbocycles. The zero-order chi connectivity index (χ0) is 18.9. The van der Waals surface area contributed by atoms with Crippen LogP contribution in [-0.4, -0.2) is 26.2 Å². The summed E-state index contributed by atoms with van der Waals surface area (Å²) in [6.07, 6.45) is 4.25. The Bertz CT molecular complexity index is 770. The van der Waals surface area contributed by atoms with E-state index in [2.05, 4.69) is 12.2 Å². The molecule has 138 valence electrons. The minimum absolute atomic E-state index is 0.130. The molecule has 26 heavy (non-hydrogen) atoms. The Labute approximate surface area is 154 Å². The standard InChI is InChI=1S/C21H25NO4/c1-5-15(2)26-18-8-6-7-17(14-18)22-21(23)12-10-16-9-11-19(24-3)20(13-16)25-4/h6-15H,5H2,1-4H3,(H,22,23)/b12-10+. The van der Waals surface area contributed by atoms with Gasteiger partial charge in [-0.3, -0.25) is 4.79 Å². The number of hydrogen-bond donors (Lipinski definition) is 1. The molecule has 2 aromatic rings. The van der Waals surface area contributed by atoms with Crippen LogP contribution in [0.1, 0.15) is 25.8 Å². The molecule has 0 aliphatic carbocycles. The Balaban J connectivity index is 2.02. The molecule has 2 rings (SSSR count). The van der Waals surface area contributed by atoms with Crippen molar-refractivity contribution in [3.63, 3.8) is 0 Å². The van der Waals surface area contributed by atoms with Crippen LogP contribution in [0.15, 0.2) is 48.5 Å². The number of hydrogen-bond acceptors (Lipinski definition) is 4. The fraction of sp³-hybridized carbons (Fsp3) is 0.286. The van der Waals surface area contributed by atoms with E-state index >= 15 is 0 Å². The van der Waals surface area contributed by atoms with Gasteiger partial charge >= 0.3 is 0 Å². The van der Waals surface area contributed by atoms with Gasteiger partial charge in [0.2, 0.25) is 5.91 Å². The maximum Gasteiger partial charge on any atom is 0.248 e. The molecule has 5 nitrogen and oxygen atoms in total. The first-order valence-corrected chi connectivity index (χ1v) is 8.53. The van der Waals surface area contributed by atoms with Gasteiger partial charge in [0.05, 0.1) is 20.3 Å². The van der Waals surface area contributed by atoms with Crippen LogP contribution in [-0.2, 0) is 4.79 Å². The minimum Gasteiger partial charge on any atom is -0.493 e. The van der Waals surface area contributed by atoms with Gasteiger partial charge in [0, 0.05) is 17.8 Å². The van der Waals surface area contributed by atoms with Crippen LogP contribution in [0.4, 0.5) is 5.69 Å². The summed E-state index contributed by atoms with van der Waals surface area (Å²) in [7, 11) is 3.16. The van der Waals surface area contributed by atoms with Crippen LogP contribution >= 0.6 is 0 Å². The third-order valence-electron chi connectivity index (χ3n) is 3.85. The number of carbonyl (C=O) groups excluding carboxylic acids is 1. The lowest BCUT2D eigenvalue weighted by atomic mass is 10.2. The molecule has 1 unspecified atom stereocenters. The normalized spacial score (nSPS) is 11.8. The summed E-state index contributed by atoms with van der Waals surface area (Å²) >= 11 is 0. The van der Waals surface area contributed by atoms with Crippen molar-refractivity contribution in [3.8, 4) is 17.2 Å². The number of carbonyl (C=O) groups is 1. The molecule has 1 amide bonds. The Morgan fingerprint density at radius 2 is 1.88 bits per heavy atom. The predicted octanol–water partition coefficient (Wildman–Crippen LogP) is 4.53. The van der Waals surface area contributed by atoms with E-state index < -0.39 is 0 Å². The highest BCUT2D eigenvalue weighted by atomic mass is 16.5. The van der Waals surface area contributed by atoms with Crippen molar-refractivity contribution in [1.29, 1.82) is 0 Å². The highest BCUT2D eigenvalue weighted by molar-refractivity contribution is 6.02. The van der Waals surface area contributed by atoms with Crippen LogP contribution in [0.3, 0.4) is 0 Å². The van der Waals surface area contributed by atoms with Crippen molar-refractivity contribution >= 4 is 17.7 Å². The molecule has 1 N–H and O–H groups in total. The molecule has 0 aliphatic rings. The molecule has 0 aliphatic heterocycles. The van der Waals surface area contributed by atoms with Gasteiger partial charge in [-0.25, -0.2) is 0 Å². The molecule has 5 heteroatoms. The number of methoxy groups -OCH3 is 2. The van der Waals surface area contributed by atoms with Gasteiger partial charge in [-0.2, -0.15) is 0 Å². The van der Waals surface area contributed by atoms with Gasteiger partial charge in [-0.05, 0) is 49.2 Å². The molecule has 0 saturated heterocycles. The van der Waals surface area contributed by atoms with Gasteiger partial charge in [-0.1, -0.05) is 19.1 Å². The van der Waals surface area contributed by atoms with Crippen LogP contribution < -0.4 is 19.5 Å². The number of amides is 1. The summed E-state index contributed by atoms with van der Waals surface area (Å²) in [5.74, 6) is 1.78. The molecule has 1 atom stereocenters. The van der Waals surface area contributed by atoms with Crippen molar-refractivity contribution < 1.29 is 19.0 Å². The smallest absolute Gasteiger partial charge is 0.248 e. The van der Waals surface area contributed by atoms with Gasteiger partial charge in [0.15, 0.2) is 11.5 Å². The summed E-state index contributed by atoms with van der Waals surface area (Å²) in [4.78, 5) is 12.2. The van der Waals surface area contributed by atoms with Crippen LogP contribution in [0.5, 0.6) is 17.2 Å². The third kappa shape index (κ3) is 5.55. The fourth-order valence-electron chi connectivity index (χ4n) is 2.28. The number of ether oxygens (including phenoxy) is 3. The maximum atomic E-state index is 12.2. The van der Waals surface area contributed by atoms with Gasteiger partial charge in [0.25, 0.3) is 0 Å². The monoisotopic (exact) mass is 355 g/mol. The molecule has 0 heterocycles. The van der Waals surface area contributed by atoms with Gasteiger partial charge < -0.3 is 19.5 Å². The second-order valence-corrected chi connectivity index (χ2v) is 5.80. The fourth-order valence-corrected chi connectivity index (χ4v) is 2.28. The first kappa shape index (κ1) is 19.4. The molecule has 0 bridgehead atoms. The van der Waals surface area contributed by atoms with Crippen molar-refractivity contribution in [2.75, 3.05) is 19.5 Å². The average Bonchev–Trinajstić information content (AvgIpc) is 2.66. The summed E-state index contributed by atoms with van der Waals surface area (Å²) in [6.45, 7) is 4.08. The van der Waals surface area contributed by atoms with E-state index in [4.69, 9.17) is 14.2 Å². The molecular weight excluding hydrogens is 330 g/mol. The van der Waals surface area contributed by atoms with Crippen molar-refractivity contribution in [2.24, 2.45) is 0 Å². The summed E-state index contributed by atoms with van der Waals surface area (Å²) in [5, 5.41) is 2.83. The van der Waals surface area contributed by atoms with Crippen LogP contribution in [0, 0.1) is 0 Å². The number of rotatable bonds is 8. The van der Waals surface area contributed by atoms with E-state index in [1.807, 2.05) is 43.3 Å². The zero-order valence-corrected chi connectivity index (χ0v) is 15.6. The number of nitrogens with one attached hydrogen (secondary N) is 1. The first-order valence-electron chi connectivity index (χ1n) is 8.53. The molecule has 0 spiro atoms. The largest absolute Gasteiger partial charge is 0.493 e. The van der Waals surface area contributed by atoms with E-state index in [1.165, 1.54) is 6.08 Å². The van der Waals surface area contributed by atoms with E-state index in [-0.39, 0.29) is 12.0 Å². The summed E-state index contributed by atoms with van der Waals surface area (Å²) in [5.41, 5.74) is 1.53. The SMILES string of the molecule is CCC(C)Oc1cccc(NC(=O)/C=C/c2ccc(OC)c(OC)c2)c1. The minimum atomic E-state index is -0.222. The van der Waals surface area contributed by atoms with Crippen molar-refractivity contribution in [1.82, 2.24) is 0 Å². The summed E-state index contributed by atoms with van der Waals surface area (Å²) in [6, 6.07) is 12.8. The second kappa shape index (κ2) is 9.51. The van der Waals surface area contributed by atoms with Crippen LogP contribution in [0.25, 0.3) is 6.08 Å². The molecule has 2 aromatic carbocycles. The second-order valence-electron chi connectivity index (χ2n) is 5.80. The average molecular weight is 355 g/mol. The first-order chi connectivity index (χ1) is 12.5. The van der Waals surface area contributed by atoms with E-state index in [9.17, 15) is 4.79 Å². The molecule has 0 fully saturated rings. The topological polar surface area (TPSA) is 56.8 Å². The summed E-state index contributed by atoms with van der Waals surface area (Å²) < 4.78 is 16.2. The van der Waals surface area contributed by atoms with Gasteiger partial charge in [-0.15, -0.1) is 0 Å². The van der Waals surface area contributed by atoms with Crippen LogP contribution in [0.2, 0.25) is 0 Å².